The number of pyridine rings is 1. The number of hydrogen-bond donors (Lipinski definition) is 1. The Hall–Kier alpha value is -2.67. The van der Waals surface area contributed by atoms with Gasteiger partial charge in [0.1, 0.15) is 6.54 Å². The van der Waals surface area contributed by atoms with Gasteiger partial charge in [0.05, 0.1) is 10.5 Å². The predicted molar refractivity (Wildman–Crippen MR) is 91.8 cm³/mol. The van der Waals surface area contributed by atoms with E-state index in [0.717, 1.165) is 17.8 Å². The van der Waals surface area contributed by atoms with Crippen LogP contribution in [0.25, 0.3) is 10.9 Å². The molecule has 1 heterocycles. The van der Waals surface area contributed by atoms with Crippen molar-refractivity contribution in [3.8, 4) is 0 Å². The summed E-state index contributed by atoms with van der Waals surface area (Å²) in [5.74, 6) is -2.88. The maximum absolute atomic E-state index is 13.8. The van der Waals surface area contributed by atoms with Crippen LogP contribution in [0.15, 0.2) is 58.4 Å². The molecular formula is C18H13F2NO3S. The quantitative estimate of drug-likeness (QED) is 0.705. The van der Waals surface area contributed by atoms with E-state index in [1.165, 1.54) is 22.8 Å². The van der Waals surface area contributed by atoms with Gasteiger partial charge in [-0.05, 0) is 18.2 Å². The monoisotopic (exact) mass is 361 g/mol. The highest BCUT2D eigenvalue weighted by molar-refractivity contribution is 7.98. The number of carboxylic acids is 1. The molecule has 25 heavy (non-hydrogen) atoms. The highest BCUT2D eigenvalue weighted by Gasteiger charge is 2.14. The summed E-state index contributed by atoms with van der Waals surface area (Å²) in [5, 5.41) is 9.96. The van der Waals surface area contributed by atoms with Gasteiger partial charge in [-0.2, -0.15) is 0 Å². The van der Waals surface area contributed by atoms with Crippen molar-refractivity contribution < 1.29 is 18.7 Å². The van der Waals surface area contributed by atoms with Crippen LogP contribution >= 0.6 is 11.8 Å². The van der Waals surface area contributed by atoms with Gasteiger partial charge < -0.3 is 9.67 Å². The number of nitrogens with zero attached hydrogens (tertiary/aromatic N) is 1. The average molecular weight is 361 g/mol. The van der Waals surface area contributed by atoms with E-state index in [4.69, 9.17) is 5.11 Å². The van der Waals surface area contributed by atoms with Crippen molar-refractivity contribution in [2.24, 2.45) is 0 Å². The Morgan fingerprint density at radius 1 is 1.12 bits per heavy atom. The average Bonchev–Trinajstić information content (AvgIpc) is 2.59. The molecule has 1 N–H and O–H groups in total. The van der Waals surface area contributed by atoms with E-state index >= 15 is 0 Å². The van der Waals surface area contributed by atoms with Crippen molar-refractivity contribution in [1.82, 2.24) is 4.57 Å². The Bertz CT molecular complexity index is 1020. The van der Waals surface area contributed by atoms with Crippen LogP contribution in [-0.2, 0) is 17.1 Å². The molecule has 0 amide bonds. The second kappa shape index (κ2) is 7.06. The van der Waals surface area contributed by atoms with Gasteiger partial charge in [-0.3, -0.25) is 9.59 Å². The molecule has 0 saturated carbocycles. The lowest BCUT2D eigenvalue weighted by Gasteiger charge is -2.15. The molecule has 0 atom stereocenters. The van der Waals surface area contributed by atoms with Gasteiger partial charge >= 0.3 is 5.97 Å². The van der Waals surface area contributed by atoms with Crippen molar-refractivity contribution >= 4 is 28.6 Å². The standard InChI is InChI=1S/C18H13F2NO3S/c19-13-6-3-4-11(18(13)20)10-25-16-8-15(22)12-5-1-2-7-14(12)21(16)9-17(23)24/h1-8H,9-10H2,(H,23,24). The molecule has 0 aliphatic rings. The maximum atomic E-state index is 13.8. The molecule has 128 valence electrons. The van der Waals surface area contributed by atoms with Gasteiger partial charge in [0.15, 0.2) is 17.1 Å². The lowest BCUT2D eigenvalue weighted by atomic mass is 10.2. The highest BCUT2D eigenvalue weighted by Crippen LogP contribution is 2.26. The summed E-state index contributed by atoms with van der Waals surface area (Å²) in [6.07, 6.45) is 0. The smallest absolute Gasteiger partial charge is 0.323 e. The summed E-state index contributed by atoms with van der Waals surface area (Å²) in [5.41, 5.74) is 0.381. The molecule has 3 aromatic rings. The first kappa shape index (κ1) is 17.2. The third-order valence-electron chi connectivity index (χ3n) is 3.68. The van der Waals surface area contributed by atoms with E-state index in [0.29, 0.717) is 15.9 Å². The zero-order valence-corrected chi connectivity index (χ0v) is 13.7. The number of carboxylic acid groups (broad SMARTS) is 1. The van der Waals surface area contributed by atoms with Gasteiger partial charge in [-0.1, -0.05) is 24.3 Å². The van der Waals surface area contributed by atoms with Crippen molar-refractivity contribution in [2.75, 3.05) is 0 Å². The zero-order valence-electron chi connectivity index (χ0n) is 12.9. The van der Waals surface area contributed by atoms with Gasteiger partial charge in [0, 0.05) is 22.8 Å². The molecule has 0 aliphatic heterocycles. The van der Waals surface area contributed by atoms with Crippen LogP contribution in [0.5, 0.6) is 0 Å². The van der Waals surface area contributed by atoms with Crippen molar-refractivity contribution in [3.63, 3.8) is 0 Å². The van der Waals surface area contributed by atoms with Crippen molar-refractivity contribution in [2.45, 2.75) is 17.3 Å². The number of fused-ring (bicyclic) bond motifs is 1. The summed E-state index contributed by atoms with van der Waals surface area (Å²) in [7, 11) is 0. The minimum Gasteiger partial charge on any atom is -0.480 e. The molecule has 4 nitrogen and oxygen atoms in total. The maximum Gasteiger partial charge on any atom is 0.323 e. The van der Waals surface area contributed by atoms with Crippen molar-refractivity contribution in [3.05, 3.63) is 76.0 Å². The number of thioether (sulfide) groups is 1. The van der Waals surface area contributed by atoms with Crippen LogP contribution in [-0.4, -0.2) is 15.6 Å². The van der Waals surface area contributed by atoms with Gasteiger partial charge in [0.25, 0.3) is 0 Å². The molecule has 0 fully saturated rings. The number of carbonyl (C=O) groups is 1. The fourth-order valence-corrected chi connectivity index (χ4v) is 3.57. The second-order valence-electron chi connectivity index (χ2n) is 5.35. The van der Waals surface area contributed by atoms with Crippen LogP contribution in [0.3, 0.4) is 0 Å². The van der Waals surface area contributed by atoms with Crippen molar-refractivity contribution in [1.29, 1.82) is 0 Å². The molecule has 0 unspecified atom stereocenters. The molecule has 0 bridgehead atoms. The van der Waals surface area contributed by atoms with E-state index in [-0.39, 0.29) is 23.3 Å². The summed E-state index contributed by atoms with van der Waals surface area (Å²) in [6.45, 7) is -0.339. The first-order valence-electron chi connectivity index (χ1n) is 7.37. The van der Waals surface area contributed by atoms with E-state index in [2.05, 4.69) is 0 Å². The molecule has 0 saturated heterocycles. The molecule has 1 aromatic heterocycles. The summed E-state index contributed by atoms with van der Waals surface area (Å²) >= 11 is 1.09. The molecule has 7 heteroatoms. The largest absolute Gasteiger partial charge is 0.480 e. The zero-order chi connectivity index (χ0) is 18.0. The molecular weight excluding hydrogens is 348 g/mol. The van der Waals surface area contributed by atoms with Crippen LogP contribution in [0.2, 0.25) is 0 Å². The number of halogens is 2. The van der Waals surface area contributed by atoms with Gasteiger partial charge in [0.2, 0.25) is 0 Å². The first-order valence-corrected chi connectivity index (χ1v) is 8.36. The fourth-order valence-electron chi connectivity index (χ4n) is 2.53. The minimum atomic E-state index is -1.06. The van der Waals surface area contributed by atoms with E-state index in [9.17, 15) is 18.4 Å². The molecule has 0 aliphatic carbocycles. The lowest BCUT2D eigenvalue weighted by Crippen LogP contribution is -2.16. The molecule has 2 aromatic carbocycles. The SMILES string of the molecule is O=C(O)Cn1c(SCc2cccc(F)c2F)cc(=O)c2ccccc21. The Morgan fingerprint density at radius 2 is 1.88 bits per heavy atom. The minimum absolute atomic E-state index is 0.0704. The number of aromatic nitrogens is 1. The third kappa shape index (κ3) is 3.56. The number of benzene rings is 2. The summed E-state index contributed by atoms with van der Waals surface area (Å²) in [4.78, 5) is 23.5. The van der Waals surface area contributed by atoms with Gasteiger partial charge in [-0.15, -0.1) is 11.8 Å². The number of aliphatic carboxylic acids is 1. The van der Waals surface area contributed by atoms with Crippen LogP contribution < -0.4 is 5.43 Å². The normalized spacial score (nSPS) is 11.0. The topological polar surface area (TPSA) is 59.3 Å². The summed E-state index contributed by atoms with van der Waals surface area (Å²) in [6, 6.07) is 11.9. The molecule has 3 rings (SSSR count). The second-order valence-corrected chi connectivity index (χ2v) is 6.34. The van der Waals surface area contributed by atoms with E-state index in [1.807, 2.05) is 0 Å². The number of rotatable bonds is 5. The molecule has 0 radical (unpaired) electrons. The van der Waals surface area contributed by atoms with E-state index < -0.39 is 17.6 Å². The van der Waals surface area contributed by atoms with Gasteiger partial charge in [-0.25, -0.2) is 8.78 Å². The first-order chi connectivity index (χ1) is 12.0. The Morgan fingerprint density at radius 3 is 2.64 bits per heavy atom. The third-order valence-corrected chi connectivity index (χ3v) is 4.77. The predicted octanol–water partition coefficient (Wildman–Crippen LogP) is 3.66. The van der Waals surface area contributed by atoms with Crippen LogP contribution in [0.4, 0.5) is 8.78 Å². The Labute approximate surface area is 145 Å². The van der Waals surface area contributed by atoms with E-state index in [1.54, 1.807) is 24.3 Å². The Balaban J connectivity index is 2.04. The Kier molecular flexibility index (Phi) is 4.85. The number of para-hydroxylation sites is 1. The lowest BCUT2D eigenvalue weighted by molar-refractivity contribution is -0.137. The van der Waals surface area contributed by atoms with Crippen LogP contribution in [0.1, 0.15) is 5.56 Å². The molecule has 0 spiro atoms. The van der Waals surface area contributed by atoms with Crippen LogP contribution in [0, 0.1) is 11.6 Å². The fraction of sp³-hybridized carbons (Fsp3) is 0.111. The summed E-state index contributed by atoms with van der Waals surface area (Å²) < 4.78 is 28.6. The number of hydrogen-bond acceptors (Lipinski definition) is 3. The highest BCUT2D eigenvalue weighted by atomic mass is 32.2.